The molecule has 0 saturated carbocycles. The summed E-state index contributed by atoms with van der Waals surface area (Å²) in [4.78, 5) is 30.0. The molecule has 3 aromatic rings. The number of rotatable bonds is 4. The molecule has 7 heteroatoms. The van der Waals surface area contributed by atoms with E-state index in [4.69, 9.17) is 9.79 Å². The summed E-state index contributed by atoms with van der Waals surface area (Å²) < 4.78 is 12.9. The van der Waals surface area contributed by atoms with E-state index in [0.717, 1.165) is 11.1 Å². The number of para-hydroxylation sites is 1. The predicted molar refractivity (Wildman–Crippen MR) is 87.0 cm³/mol. The average Bonchev–Trinajstić information content (AvgIpc) is 2.86. The van der Waals surface area contributed by atoms with Crippen molar-refractivity contribution in [1.82, 2.24) is 9.65 Å². The molecular formula is C16H15N2O4P. The molecule has 0 saturated heterocycles. The Balaban J connectivity index is 2.03. The van der Waals surface area contributed by atoms with Crippen LogP contribution in [0.15, 0.2) is 60.8 Å². The number of nitrogens with zero attached hydrogens (tertiary/aromatic N) is 1. The van der Waals surface area contributed by atoms with Gasteiger partial charge in [-0.25, -0.2) is 4.57 Å². The molecule has 0 radical (unpaired) electrons. The van der Waals surface area contributed by atoms with Gasteiger partial charge in [0.05, 0.1) is 5.56 Å². The van der Waals surface area contributed by atoms with Crippen molar-refractivity contribution < 1.29 is 19.1 Å². The first-order chi connectivity index (χ1) is 10.9. The van der Waals surface area contributed by atoms with Crippen LogP contribution in [0.2, 0.25) is 0 Å². The number of carbonyl (C=O) groups excluding carboxylic acids is 1. The molecule has 0 aliphatic heterocycles. The molecule has 0 unspecified atom stereocenters. The summed E-state index contributed by atoms with van der Waals surface area (Å²) in [5.74, 6) is -0.790. The normalized spacial score (nSPS) is 11.6. The standard InChI is InChI=1S/C16H15N2O4P/c19-16(17-23(20,21)22)14-11-18(10-12-6-2-1-3-7-12)15-9-5-4-8-13(14)15/h1-9,11H,10H2,(H3,17,19,20,21,22). The average molecular weight is 330 g/mol. The van der Waals surface area contributed by atoms with Gasteiger partial charge in [-0.2, -0.15) is 0 Å². The van der Waals surface area contributed by atoms with E-state index in [2.05, 4.69) is 0 Å². The van der Waals surface area contributed by atoms with Gasteiger partial charge in [-0.15, -0.1) is 0 Å². The summed E-state index contributed by atoms with van der Waals surface area (Å²) in [6.45, 7) is 0.560. The monoisotopic (exact) mass is 330 g/mol. The fourth-order valence-electron chi connectivity index (χ4n) is 2.53. The van der Waals surface area contributed by atoms with Crippen LogP contribution < -0.4 is 5.09 Å². The lowest BCUT2D eigenvalue weighted by atomic mass is 10.2. The fraction of sp³-hybridized carbons (Fsp3) is 0.0625. The molecule has 6 nitrogen and oxygen atoms in total. The molecule has 1 heterocycles. The first-order valence-electron chi connectivity index (χ1n) is 6.94. The minimum atomic E-state index is -4.63. The zero-order valence-electron chi connectivity index (χ0n) is 12.1. The second-order valence-electron chi connectivity index (χ2n) is 5.16. The van der Waals surface area contributed by atoms with Crippen LogP contribution in [0, 0.1) is 0 Å². The minimum absolute atomic E-state index is 0.236. The Hall–Kier alpha value is -2.40. The predicted octanol–water partition coefficient (Wildman–Crippen LogP) is 2.51. The molecule has 0 spiro atoms. The molecule has 118 valence electrons. The molecule has 3 N–H and O–H groups in total. The van der Waals surface area contributed by atoms with Crippen molar-refractivity contribution in [2.75, 3.05) is 0 Å². The van der Waals surface area contributed by atoms with Crippen molar-refractivity contribution in [3.63, 3.8) is 0 Å². The summed E-state index contributed by atoms with van der Waals surface area (Å²) in [6, 6.07) is 17.0. The van der Waals surface area contributed by atoms with E-state index in [-0.39, 0.29) is 5.56 Å². The third kappa shape index (κ3) is 3.51. The third-order valence-corrected chi connectivity index (χ3v) is 3.97. The largest absolute Gasteiger partial charge is 0.430 e. The van der Waals surface area contributed by atoms with Crippen LogP contribution in [0.3, 0.4) is 0 Å². The quantitative estimate of drug-likeness (QED) is 0.641. The number of aromatic nitrogens is 1. The Morgan fingerprint density at radius 1 is 1.04 bits per heavy atom. The fourth-order valence-corrected chi connectivity index (χ4v) is 2.92. The van der Waals surface area contributed by atoms with E-state index in [1.807, 2.05) is 47.0 Å². The van der Waals surface area contributed by atoms with Gasteiger partial charge in [-0.05, 0) is 11.6 Å². The van der Waals surface area contributed by atoms with Gasteiger partial charge in [-0.1, -0.05) is 48.5 Å². The zero-order chi connectivity index (χ0) is 16.4. The van der Waals surface area contributed by atoms with Crippen molar-refractivity contribution in [1.29, 1.82) is 0 Å². The lowest BCUT2D eigenvalue weighted by molar-refractivity contribution is 0.0973. The molecule has 0 atom stereocenters. The van der Waals surface area contributed by atoms with Gasteiger partial charge in [-0.3, -0.25) is 9.88 Å². The smallest absolute Gasteiger partial charge is 0.342 e. The van der Waals surface area contributed by atoms with Crippen LogP contribution in [-0.2, 0) is 11.1 Å². The Bertz CT molecular complexity index is 899. The molecule has 2 aromatic carbocycles. The molecule has 0 aliphatic carbocycles. The van der Waals surface area contributed by atoms with E-state index in [9.17, 15) is 9.36 Å². The molecule has 0 fully saturated rings. The number of benzene rings is 2. The van der Waals surface area contributed by atoms with Gasteiger partial charge < -0.3 is 14.4 Å². The SMILES string of the molecule is O=C(NP(=O)(O)O)c1cn(Cc2ccccc2)c2ccccc12. The van der Waals surface area contributed by atoms with Crippen molar-refractivity contribution in [3.8, 4) is 0 Å². The summed E-state index contributed by atoms with van der Waals surface area (Å²) in [5.41, 5.74) is 2.13. The Morgan fingerprint density at radius 2 is 1.70 bits per heavy atom. The number of hydrogen-bond acceptors (Lipinski definition) is 2. The number of hydrogen-bond donors (Lipinski definition) is 3. The highest BCUT2D eigenvalue weighted by atomic mass is 31.2. The van der Waals surface area contributed by atoms with Crippen LogP contribution in [0.25, 0.3) is 10.9 Å². The van der Waals surface area contributed by atoms with Gasteiger partial charge in [0.2, 0.25) is 0 Å². The summed E-state index contributed by atoms with van der Waals surface area (Å²) in [6.07, 6.45) is 1.61. The van der Waals surface area contributed by atoms with Crippen molar-refractivity contribution in [2.24, 2.45) is 0 Å². The van der Waals surface area contributed by atoms with E-state index in [1.54, 1.807) is 23.4 Å². The van der Waals surface area contributed by atoms with Gasteiger partial charge in [0, 0.05) is 23.6 Å². The van der Waals surface area contributed by atoms with Crippen molar-refractivity contribution in [2.45, 2.75) is 6.54 Å². The Labute approximate surface area is 132 Å². The van der Waals surface area contributed by atoms with Gasteiger partial charge >= 0.3 is 7.75 Å². The van der Waals surface area contributed by atoms with Crippen LogP contribution in [0.1, 0.15) is 15.9 Å². The lowest BCUT2D eigenvalue weighted by Crippen LogP contribution is -2.19. The molecule has 1 amide bonds. The molecular weight excluding hydrogens is 315 g/mol. The van der Waals surface area contributed by atoms with Crippen LogP contribution in [0.4, 0.5) is 0 Å². The van der Waals surface area contributed by atoms with Gasteiger partial charge in [0.25, 0.3) is 5.91 Å². The van der Waals surface area contributed by atoms with Gasteiger partial charge in [0.1, 0.15) is 0 Å². The molecule has 1 aromatic heterocycles. The first kappa shape index (κ1) is 15.5. The lowest BCUT2D eigenvalue weighted by Gasteiger charge is -2.05. The van der Waals surface area contributed by atoms with E-state index >= 15 is 0 Å². The number of fused-ring (bicyclic) bond motifs is 1. The highest BCUT2D eigenvalue weighted by molar-refractivity contribution is 7.50. The van der Waals surface area contributed by atoms with E-state index in [1.165, 1.54) is 0 Å². The minimum Gasteiger partial charge on any atom is -0.342 e. The van der Waals surface area contributed by atoms with E-state index < -0.39 is 13.7 Å². The van der Waals surface area contributed by atoms with Crippen LogP contribution in [0.5, 0.6) is 0 Å². The molecule has 3 rings (SSSR count). The summed E-state index contributed by atoms with van der Waals surface area (Å²) in [5, 5.41) is 2.37. The van der Waals surface area contributed by atoms with Crippen LogP contribution >= 0.6 is 7.75 Å². The maximum Gasteiger partial charge on any atom is 0.430 e. The van der Waals surface area contributed by atoms with Crippen LogP contribution in [-0.4, -0.2) is 20.3 Å². The highest BCUT2D eigenvalue weighted by Crippen LogP contribution is 2.30. The maximum atomic E-state index is 12.1. The zero-order valence-corrected chi connectivity index (χ0v) is 13.0. The Kier molecular flexibility index (Phi) is 4.05. The Morgan fingerprint density at radius 3 is 2.39 bits per heavy atom. The topological polar surface area (TPSA) is 91.6 Å². The highest BCUT2D eigenvalue weighted by Gasteiger charge is 2.21. The maximum absolute atomic E-state index is 12.1. The molecule has 0 bridgehead atoms. The first-order valence-corrected chi connectivity index (χ1v) is 8.55. The molecule has 23 heavy (non-hydrogen) atoms. The summed E-state index contributed by atoms with van der Waals surface area (Å²) in [7, 11) is -4.63. The summed E-state index contributed by atoms with van der Waals surface area (Å²) >= 11 is 0. The van der Waals surface area contributed by atoms with Gasteiger partial charge in [0.15, 0.2) is 0 Å². The van der Waals surface area contributed by atoms with E-state index in [0.29, 0.717) is 11.9 Å². The number of amides is 1. The van der Waals surface area contributed by atoms with Crippen molar-refractivity contribution in [3.05, 3.63) is 71.9 Å². The van der Waals surface area contributed by atoms with Crippen molar-refractivity contribution >= 4 is 24.6 Å². The third-order valence-electron chi connectivity index (χ3n) is 3.48. The number of nitrogens with one attached hydrogen (secondary N) is 1. The molecule has 0 aliphatic rings. The second kappa shape index (κ2) is 6.01. The number of carbonyl (C=O) groups is 1. The second-order valence-corrected chi connectivity index (χ2v) is 6.47.